The van der Waals surface area contributed by atoms with Gasteiger partial charge in [0.15, 0.2) is 5.78 Å². The van der Waals surface area contributed by atoms with Crippen LogP contribution in [0.2, 0.25) is 10.0 Å². The second-order valence-corrected chi connectivity index (χ2v) is 4.56. The van der Waals surface area contributed by atoms with E-state index in [1.165, 1.54) is 0 Å². The van der Waals surface area contributed by atoms with E-state index in [1.807, 2.05) is 6.07 Å². The summed E-state index contributed by atoms with van der Waals surface area (Å²) in [7, 11) is 0. The van der Waals surface area contributed by atoms with Crippen molar-refractivity contribution < 1.29 is 4.79 Å². The Hall–Kier alpha value is -0.530. The molecule has 0 saturated heterocycles. The lowest BCUT2D eigenvalue weighted by Gasteiger charge is -2.22. The molecule has 1 unspecified atom stereocenters. The monoisotopic (exact) mass is 228 g/mol. The second-order valence-electron chi connectivity index (χ2n) is 3.71. The minimum absolute atomic E-state index is 0.139. The third kappa shape index (κ3) is 1.55. The van der Waals surface area contributed by atoms with Crippen LogP contribution in [0.4, 0.5) is 0 Å². The molecule has 1 aliphatic rings. The molecule has 0 fully saturated rings. The lowest BCUT2D eigenvalue weighted by Crippen LogP contribution is -2.14. The van der Waals surface area contributed by atoms with E-state index in [1.54, 1.807) is 6.07 Å². The number of hydrogen-bond donors (Lipinski definition) is 0. The number of carbonyl (C=O) groups is 1. The number of benzene rings is 1. The molecule has 0 bridgehead atoms. The van der Waals surface area contributed by atoms with E-state index < -0.39 is 0 Å². The second kappa shape index (κ2) is 3.56. The van der Waals surface area contributed by atoms with Crippen LogP contribution < -0.4 is 0 Å². The highest BCUT2D eigenvalue weighted by atomic mass is 35.5. The molecule has 0 amide bonds. The van der Waals surface area contributed by atoms with Gasteiger partial charge in [-0.05, 0) is 30.0 Å². The zero-order valence-electron chi connectivity index (χ0n) is 7.81. The Morgan fingerprint density at radius 1 is 1.36 bits per heavy atom. The van der Waals surface area contributed by atoms with Crippen LogP contribution in [0.25, 0.3) is 0 Å². The Morgan fingerprint density at radius 3 is 2.79 bits per heavy atom. The Balaban J connectivity index is 2.66. The van der Waals surface area contributed by atoms with E-state index in [4.69, 9.17) is 23.2 Å². The van der Waals surface area contributed by atoms with Crippen LogP contribution in [0, 0.1) is 0 Å². The van der Waals surface area contributed by atoms with E-state index in [-0.39, 0.29) is 5.78 Å². The third-order valence-corrected chi connectivity index (χ3v) is 3.22. The quantitative estimate of drug-likeness (QED) is 0.655. The molecule has 1 aromatic rings. The molecule has 1 atom stereocenters. The molecule has 0 aromatic heterocycles. The zero-order valence-corrected chi connectivity index (χ0v) is 9.32. The molecular formula is C11H10Cl2O. The Kier molecular flexibility index (Phi) is 2.54. The summed E-state index contributed by atoms with van der Waals surface area (Å²) in [6, 6.07) is 3.49. The third-order valence-electron chi connectivity index (χ3n) is 2.70. The summed E-state index contributed by atoms with van der Waals surface area (Å²) < 4.78 is 0. The van der Waals surface area contributed by atoms with Crippen LogP contribution in [0.1, 0.15) is 41.6 Å². The maximum atomic E-state index is 11.6. The average Bonchev–Trinajstić information content (AvgIpc) is 2.10. The van der Waals surface area contributed by atoms with Gasteiger partial charge in [0.1, 0.15) is 0 Å². The molecular weight excluding hydrogens is 219 g/mol. The van der Waals surface area contributed by atoms with E-state index >= 15 is 0 Å². The van der Waals surface area contributed by atoms with Crippen molar-refractivity contribution >= 4 is 29.0 Å². The highest BCUT2D eigenvalue weighted by molar-refractivity contribution is 6.37. The van der Waals surface area contributed by atoms with Crippen molar-refractivity contribution in [3.05, 3.63) is 33.3 Å². The summed E-state index contributed by atoms with van der Waals surface area (Å²) in [4.78, 5) is 11.6. The first-order chi connectivity index (χ1) is 6.59. The first-order valence-electron chi connectivity index (χ1n) is 4.61. The summed E-state index contributed by atoms with van der Waals surface area (Å²) in [5, 5.41) is 1.10. The van der Waals surface area contributed by atoms with Gasteiger partial charge in [-0.2, -0.15) is 0 Å². The van der Waals surface area contributed by atoms with Gasteiger partial charge in [0, 0.05) is 17.0 Å². The first-order valence-corrected chi connectivity index (χ1v) is 5.37. The molecule has 1 aromatic carbocycles. The van der Waals surface area contributed by atoms with Gasteiger partial charge in [-0.3, -0.25) is 4.79 Å². The summed E-state index contributed by atoms with van der Waals surface area (Å²) >= 11 is 11.9. The fraction of sp³-hybridized carbons (Fsp3) is 0.364. The predicted octanol–water partition coefficient (Wildman–Crippen LogP) is 4.07. The van der Waals surface area contributed by atoms with Gasteiger partial charge >= 0.3 is 0 Å². The summed E-state index contributed by atoms with van der Waals surface area (Å²) in [6.45, 7) is 2.10. The molecule has 0 saturated carbocycles. The normalized spacial score (nSPS) is 20.8. The van der Waals surface area contributed by atoms with Crippen molar-refractivity contribution in [1.29, 1.82) is 0 Å². The van der Waals surface area contributed by atoms with Gasteiger partial charge in [0.05, 0.1) is 5.02 Å². The highest BCUT2D eigenvalue weighted by Crippen LogP contribution is 2.37. The van der Waals surface area contributed by atoms with Crippen LogP contribution in [-0.4, -0.2) is 5.78 Å². The topological polar surface area (TPSA) is 17.1 Å². The van der Waals surface area contributed by atoms with E-state index in [0.29, 0.717) is 27.9 Å². The zero-order chi connectivity index (χ0) is 10.3. The maximum absolute atomic E-state index is 11.6. The van der Waals surface area contributed by atoms with Crippen LogP contribution in [0.5, 0.6) is 0 Å². The van der Waals surface area contributed by atoms with Crippen LogP contribution in [-0.2, 0) is 0 Å². The molecule has 0 radical (unpaired) electrons. The lowest BCUT2D eigenvalue weighted by molar-refractivity contribution is 0.0968. The maximum Gasteiger partial charge on any atom is 0.164 e. The molecule has 2 rings (SSSR count). The molecule has 74 valence electrons. The Bertz CT molecular complexity index is 399. The molecule has 14 heavy (non-hydrogen) atoms. The van der Waals surface area contributed by atoms with Crippen molar-refractivity contribution in [3.8, 4) is 0 Å². The molecule has 1 nitrogen and oxygen atoms in total. The Morgan fingerprint density at radius 2 is 2.07 bits per heavy atom. The average molecular weight is 229 g/mol. The predicted molar refractivity (Wildman–Crippen MR) is 58.4 cm³/mol. The summed E-state index contributed by atoms with van der Waals surface area (Å²) in [6.07, 6.45) is 1.48. The van der Waals surface area contributed by atoms with E-state index in [2.05, 4.69) is 6.92 Å². The van der Waals surface area contributed by atoms with E-state index in [0.717, 1.165) is 12.0 Å². The van der Waals surface area contributed by atoms with Crippen molar-refractivity contribution in [1.82, 2.24) is 0 Å². The number of halogens is 2. The lowest BCUT2D eigenvalue weighted by atomic mass is 9.83. The number of rotatable bonds is 0. The summed E-state index contributed by atoms with van der Waals surface area (Å²) in [5.41, 5.74) is 1.67. The van der Waals surface area contributed by atoms with Crippen molar-refractivity contribution in [2.45, 2.75) is 25.7 Å². The fourth-order valence-electron chi connectivity index (χ4n) is 1.90. The van der Waals surface area contributed by atoms with Gasteiger partial charge in [-0.15, -0.1) is 0 Å². The van der Waals surface area contributed by atoms with Crippen molar-refractivity contribution in [2.75, 3.05) is 0 Å². The molecule has 1 aliphatic carbocycles. The van der Waals surface area contributed by atoms with Gasteiger partial charge < -0.3 is 0 Å². The number of Topliss-reactive ketones (excluding diaryl/α,β-unsaturated/α-hetero) is 1. The van der Waals surface area contributed by atoms with Gasteiger partial charge in [-0.25, -0.2) is 0 Å². The minimum Gasteiger partial charge on any atom is -0.294 e. The molecule has 3 heteroatoms. The number of fused-ring (bicyclic) bond motifs is 1. The van der Waals surface area contributed by atoms with Gasteiger partial charge in [-0.1, -0.05) is 30.1 Å². The molecule has 0 N–H and O–H groups in total. The van der Waals surface area contributed by atoms with Crippen LogP contribution in [0.15, 0.2) is 12.1 Å². The number of ketones is 1. The minimum atomic E-state index is 0.139. The number of carbonyl (C=O) groups excluding carboxylic acids is 1. The fourth-order valence-corrected chi connectivity index (χ4v) is 2.52. The van der Waals surface area contributed by atoms with Crippen LogP contribution >= 0.6 is 23.2 Å². The molecule has 0 aliphatic heterocycles. The van der Waals surface area contributed by atoms with Crippen LogP contribution in [0.3, 0.4) is 0 Å². The molecule has 0 heterocycles. The van der Waals surface area contributed by atoms with Gasteiger partial charge in [0.25, 0.3) is 0 Å². The van der Waals surface area contributed by atoms with Crippen molar-refractivity contribution in [3.63, 3.8) is 0 Å². The van der Waals surface area contributed by atoms with Gasteiger partial charge in [0.2, 0.25) is 0 Å². The highest BCUT2D eigenvalue weighted by Gasteiger charge is 2.25. The Labute approximate surface area is 93.0 Å². The molecule has 0 spiro atoms. The SMILES string of the molecule is CC1CCC(=O)c2c(Cl)cc(Cl)cc21. The van der Waals surface area contributed by atoms with Crippen molar-refractivity contribution in [2.24, 2.45) is 0 Å². The smallest absolute Gasteiger partial charge is 0.164 e. The standard InChI is InChI=1S/C11H10Cl2O/c1-6-2-3-10(14)11-8(6)4-7(12)5-9(11)13/h4-6H,2-3H2,1H3. The summed E-state index contributed by atoms with van der Waals surface area (Å²) in [5.74, 6) is 0.513. The first kappa shape index (κ1) is 10.0. The number of hydrogen-bond acceptors (Lipinski definition) is 1. The van der Waals surface area contributed by atoms with E-state index in [9.17, 15) is 4.79 Å². The largest absolute Gasteiger partial charge is 0.294 e.